The van der Waals surface area contributed by atoms with Crippen molar-refractivity contribution in [1.29, 1.82) is 0 Å². The average molecular weight is 390 g/mol. The normalized spacial score (nSPS) is 20.8. The molecule has 17 heavy (non-hydrogen) atoms. The highest BCUT2D eigenvalue weighted by atomic mass is 127. The molecule has 0 aromatic rings. The summed E-state index contributed by atoms with van der Waals surface area (Å²) in [7, 11) is 1.81. The predicted octanol–water partition coefficient (Wildman–Crippen LogP) is 2.76. The summed E-state index contributed by atoms with van der Waals surface area (Å²) >= 11 is 7.79. The van der Waals surface area contributed by atoms with Crippen molar-refractivity contribution in [2.24, 2.45) is 4.99 Å². The lowest BCUT2D eigenvalue weighted by Gasteiger charge is -2.34. The van der Waals surface area contributed by atoms with E-state index in [4.69, 9.17) is 11.6 Å². The van der Waals surface area contributed by atoms with E-state index in [0.717, 1.165) is 19.0 Å². The summed E-state index contributed by atoms with van der Waals surface area (Å²) in [6.07, 6.45) is 1.21. The van der Waals surface area contributed by atoms with Crippen LogP contribution in [0.2, 0.25) is 0 Å². The molecule has 0 saturated carbocycles. The molecule has 1 aliphatic heterocycles. The molecule has 0 bridgehead atoms. The number of guanidine groups is 1. The van der Waals surface area contributed by atoms with E-state index in [1.54, 1.807) is 0 Å². The highest BCUT2D eigenvalue weighted by molar-refractivity contribution is 14.0. The van der Waals surface area contributed by atoms with E-state index in [2.05, 4.69) is 40.5 Å². The number of hydrogen-bond donors (Lipinski definition) is 1. The van der Waals surface area contributed by atoms with Gasteiger partial charge in [0.25, 0.3) is 0 Å². The summed E-state index contributed by atoms with van der Waals surface area (Å²) in [6, 6.07) is 0. The van der Waals surface area contributed by atoms with Crippen LogP contribution in [-0.2, 0) is 0 Å². The molecule has 1 unspecified atom stereocenters. The third kappa shape index (κ3) is 6.20. The van der Waals surface area contributed by atoms with Gasteiger partial charge in [0.2, 0.25) is 0 Å². The molecule has 1 N–H and O–H groups in total. The first kappa shape index (κ1) is 17.4. The van der Waals surface area contributed by atoms with Crippen LogP contribution in [0.4, 0.5) is 0 Å². The second-order valence-electron chi connectivity index (χ2n) is 3.77. The van der Waals surface area contributed by atoms with Gasteiger partial charge in [0, 0.05) is 36.2 Å². The van der Waals surface area contributed by atoms with Crippen LogP contribution in [0, 0.1) is 0 Å². The molecule has 0 amide bonds. The Morgan fingerprint density at radius 3 is 2.88 bits per heavy atom. The number of aliphatic imine (C=N–C) groups is 1. The van der Waals surface area contributed by atoms with Crippen molar-refractivity contribution in [2.75, 3.05) is 32.4 Å². The van der Waals surface area contributed by atoms with E-state index in [0.29, 0.717) is 16.8 Å². The highest BCUT2D eigenvalue weighted by Gasteiger charge is 2.21. The zero-order valence-electron chi connectivity index (χ0n) is 10.4. The standard InChI is InChI=1S/C11H20ClN3S.HI/c1-4-10-8-15(5-6-16-10)11(13-3)14-7-9(2)12;/h10H,2,4-8H2,1,3H3,(H,13,14);1H. The van der Waals surface area contributed by atoms with Gasteiger partial charge in [-0.1, -0.05) is 25.1 Å². The number of halogens is 2. The highest BCUT2D eigenvalue weighted by Crippen LogP contribution is 2.20. The minimum atomic E-state index is 0. The number of nitrogens with zero attached hydrogens (tertiary/aromatic N) is 2. The second kappa shape index (κ2) is 9.33. The van der Waals surface area contributed by atoms with Gasteiger partial charge in [-0.3, -0.25) is 4.99 Å². The smallest absolute Gasteiger partial charge is 0.194 e. The molecule has 1 atom stereocenters. The molecule has 0 aromatic heterocycles. The molecule has 1 saturated heterocycles. The monoisotopic (exact) mass is 389 g/mol. The Morgan fingerprint density at radius 2 is 2.35 bits per heavy atom. The van der Waals surface area contributed by atoms with Crippen molar-refractivity contribution in [3.05, 3.63) is 11.6 Å². The van der Waals surface area contributed by atoms with Crippen molar-refractivity contribution >= 4 is 53.3 Å². The minimum Gasteiger partial charge on any atom is -0.351 e. The Hall–Kier alpha value is 0.380. The van der Waals surface area contributed by atoms with E-state index in [1.807, 2.05) is 7.05 Å². The second-order valence-corrected chi connectivity index (χ2v) is 5.71. The van der Waals surface area contributed by atoms with Crippen LogP contribution in [0.5, 0.6) is 0 Å². The van der Waals surface area contributed by atoms with Gasteiger partial charge in [-0.2, -0.15) is 11.8 Å². The lowest BCUT2D eigenvalue weighted by molar-refractivity contribution is 0.410. The Bertz CT molecular complexity index is 273. The number of nitrogens with one attached hydrogen (secondary N) is 1. The molecule has 6 heteroatoms. The first-order chi connectivity index (χ1) is 7.67. The van der Waals surface area contributed by atoms with Gasteiger partial charge in [0.1, 0.15) is 0 Å². The van der Waals surface area contributed by atoms with Crippen molar-refractivity contribution in [1.82, 2.24) is 10.2 Å². The maximum absolute atomic E-state index is 5.74. The molecule has 100 valence electrons. The van der Waals surface area contributed by atoms with Gasteiger partial charge in [-0.05, 0) is 6.42 Å². The van der Waals surface area contributed by atoms with E-state index < -0.39 is 0 Å². The van der Waals surface area contributed by atoms with E-state index >= 15 is 0 Å². The zero-order chi connectivity index (χ0) is 12.0. The third-order valence-corrected chi connectivity index (χ3v) is 4.05. The maximum atomic E-state index is 5.74. The van der Waals surface area contributed by atoms with Gasteiger partial charge < -0.3 is 10.2 Å². The summed E-state index contributed by atoms with van der Waals surface area (Å²) in [5.41, 5.74) is 0. The fourth-order valence-corrected chi connectivity index (χ4v) is 2.91. The van der Waals surface area contributed by atoms with Crippen LogP contribution in [0.25, 0.3) is 0 Å². The van der Waals surface area contributed by atoms with Crippen molar-refractivity contribution < 1.29 is 0 Å². The van der Waals surface area contributed by atoms with Crippen LogP contribution in [0.15, 0.2) is 16.6 Å². The van der Waals surface area contributed by atoms with Crippen LogP contribution in [-0.4, -0.2) is 48.5 Å². The minimum absolute atomic E-state index is 0. The molecule has 1 heterocycles. The topological polar surface area (TPSA) is 27.6 Å². The van der Waals surface area contributed by atoms with Gasteiger partial charge >= 0.3 is 0 Å². The molecule has 1 aliphatic rings. The van der Waals surface area contributed by atoms with Gasteiger partial charge in [-0.25, -0.2) is 0 Å². The molecule has 1 rings (SSSR count). The zero-order valence-corrected chi connectivity index (χ0v) is 14.3. The summed E-state index contributed by atoms with van der Waals surface area (Å²) in [5.74, 6) is 2.10. The molecular weight excluding hydrogens is 369 g/mol. The summed E-state index contributed by atoms with van der Waals surface area (Å²) in [5, 5.41) is 4.54. The number of thioether (sulfide) groups is 1. The summed E-state index contributed by atoms with van der Waals surface area (Å²) < 4.78 is 0. The first-order valence-electron chi connectivity index (χ1n) is 5.57. The van der Waals surface area contributed by atoms with Crippen molar-refractivity contribution in [2.45, 2.75) is 18.6 Å². The van der Waals surface area contributed by atoms with Gasteiger partial charge in [0.15, 0.2) is 5.96 Å². The predicted molar refractivity (Wildman–Crippen MR) is 89.9 cm³/mol. The molecule has 0 aliphatic carbocycles. The van der Waals surface area contributed by atoms with Crippen LogP contribution in [0.3, 0.4) is 0 Å². The SMILES string of the molecule is C=C(Cl)CNC(=NC)N1CCSC(CC)C1.I. The van der Waals surface area contributed by atoms with Crippen molar-refractivity contribution in [3.63, 3.8) is 0 Å². The van der Waals surface area contributed by atoms with Gasteiger partial charge in [-0.15, -0.1) is 24.0 Å². The lowest BCUT2D eigenvalue weighted by atomic mass is 10.3. The Labute approximate surface area is 130 Å². The summed E-state index contributed by atoms with van der Waals surface area (Å²) in [4.78, 5) is 6.57. The molecule has 0 radical (unpaired) electrons. The quantitative estimate of drug-likeness (QED) is 0.457. The molecule has 3 nitrogen and oxygen atoms in total. The number of rotatable bonds is 3. The van der Waals surface area contributed by atoms with E-state index in [9.17, 15) is 0 Å². The van der Waals surface area contributed by atoms with E-state index in [-0.39, 0.29) is 24.0 Å². The van der Waals surface area contributed by atoms with Crippen LogP contribution >= 0.6 is 47.3 Å². The lowest BCUT2D eigenvalue weighted by Crippen LogP contribution is -2.48. The Kier molecular flexibility index (Phi) is 9.54. The number of hydrogen-bond acceptors (Lipinski definition) is 2. The van der Waals surface area contributed by atoms with E-state index in [1.165, 1.54) is 12.2 Å². The van der Waals surface area contributed by atoms with Crippen LogP contribution in [0.1, 0.15) is 13.3 Å². The summed E-state index contributed by atoms with van der Waals surface area (Å²) in [6.45, 7) is 8.59. The largest absolute Gasteiger partial charge is 0.351 e. The molecule has 1 fully saturated rings. The van der Waals surface area contributed by atoms with Crippen molar-refractivity contribution in [3.8, 4) is 0 Å². The van der Waals surface area contributed by atoms with Crippen LogP contribution < -0.4 is 5.32 Å². The molecule has 0 spiro atoms. The average Bonchev–Trinajstić information content (AvgIpc) is 2.30. The fraction of sp³-hybridized carbons (Fsp3) is 0.727. The maximum Gasteiger partial charge on any atom is 0.194 e. The first-order valence-corrected chi connectivity index (χ1v) is 7.00. The van der Waals surface area contributed by atoms with Gasteiger partial charge in [0.05, 0.1) is 6.54 Å². The Balaban J connectivity index is 0.00000256. The third-order valence-electron chi connectivity index (χ3n) is 2.54. The fourth-order valence-electron chi connectivity index (χ4n) is 1.67. The Morgan fingerprint density at radius 1 is 1.65 bits per heavy atom. The molecular formula is C11H21ClIN3S. The molecule has 0 aromatic carbocycles.